The lowest BCUT2D eigenvalue weighted by molar-refractivity contribution is 0.143. The van der Waals surface area contributed by atoms with Crippen molar-refractivity contribution in [2.45, 2.75) is 25.9 Å². The molecule has 1 aliphatic rings. The molecular weight excluding hydrogens is 366 g/mol. The van der Waals surface area contributed by atoms with Crippen LogP contribution in [0.2, 0.25) is 0 Å². The van der Waals surface area contributed by atoms with Gasteiger partial charge in [-0.1, -0.05) is 23.8 Å². The number of hydrogen-bond donors (Lipinski definition) is 2. The monoisotopic (exact) mass is 397 g/mol. The number of aromatic nitrogens is 1. The van der Waals surface area contributed by atoms with Gasteiger partial charge in [0.05, 0.1) is 6.61 Å². The maximum atomic E-state index is 5.71. The first-order chi connectivity index (χ1) is 14.2. The molecule has 0 radical (unpaired) electrons. The van der Waals surface area contributed by atoms with Gasteiger partial charge in [-0.25, -0.2) is 4.98 Å². The van der Waals surface area contributed by atoms with Crippen molar-refractivity contribution in [3.8, 4) is 5.88 Å². The first-order valence-corrected chi connectivity index (χ1v) is 10.0. The van der Waals surface area contributed by atoms with E-state index in [-0.39, 0.29) is 0 Å². The van der Waals surface area contributed by atoms with Gasteiger partial charge in [0.15, 0.2) is 5.96 Å². The maximum Gasteiger partial charge on any atom is 0.218 e. The van der Waals surface area contributed by atoms with Crippen LogP contribution in [0.4, 0.5) is 5.69 Å². The molecule has 29 heavy (non-hydrogen) atoms. The largest absolute Gasteiger partial charge is 0.475 e. The van der Waals surface area contributed by atoms with Crippen LogP contribution in [0.15, 0.2) is 47.6 Å². The van der Waals surface area contributed by atoms with Crippen molar-refractivity contribution in [2.75, 3.05) is 45.4 Å². The van der Waals surface area contributed by atoms with E-state index in [4.69, 9.17) is 9.47 Å². The van der Waals surface area contributed by atoms with Gasteiger partial charge in [-0.15, -0.1) is 0 Å². The molecule has 156 valence electrons. The van der Waals surface area contributed by atoms with Crippen LogP contribution in [0.25, 0.3) is 0 Å². The van der Waals surface area contributed by atoms with Crippen molar-refractivity contribution in [3.05, 3.63) is 53.7 Å². The minimum Gasteiger partial charge on any atom is -0.475 e. The van der Waals surface area contributed by atoms with E-state index in [1.165, 1.54) is 11.3 Å². The summed E-state index contributed by atoms with van der Waals surface area (Å²) in [4.78, 5) is 11.1. The van der Waals surface area contributed by atoms with Crippen LogP contribution >= 0.6 is 0 Å². The average molecular weight is 398 g/mol. The molecule has 0 saturated carbocycles. The highest BCUT2D eigenvalue weighted by atomic mass is 16.5. The molecule has 1 atom stereocenters. The molecule has 1 saturated heterocycles. The van der Waals surface area contributed by atoms with Crippen molar-refractivity contribution >= 4 is 11.6 Å². The van der Waals surface area contributed by atoms with Crippen LogP contribution in [0, 0.1) is 6.92 Å². The summed E-state index contributed by atoms with van der Waals surface area (Å²) in [5, 5.41) is 6.91. The van der Waals surface area contributed by atoms with E-state index in [9.17, 15) is 0 Å². The second kappa shape index (κ2) is 10.7. The average Bonchev–Trinajstić information content (AvgIpc) is 3.21. The Morgan fingerprint density at radius 1 is 1.24 bits per heavy atom. The molecule has 2 aromatic rings. The number of nitrogens with one attached hydrogen (secondary N) is 2. The van der Waals surface area contributed by atoms with Crippen molar-refractivity contribution < 1.29 is 9.47 Å². The van der Waals surface area contributed by atoms with Gasteiger partial charge < -0.3 is 25.0 Å². The fraction of sp³-hybridized carbons (Fsp3) is 0.455. The highest BCUT2D eigenvalue weighted by Gasteiger charge is 2.23. The fourth-order valence-electron chi connectivity index (χ4n) is 3.35. The number of pyridine rings is 1. The van der Waals surface area contributed by atoms with Crippen LogP contribution in [0.1, 0.15) is 17.5 Å². The zero-order chi connectivity index (χ0) is 20.5. The molecule has 1 aromatic carbocycles. The number of guanidine groups is 1. The van der Waals surface area contributed by atoms with E-state index in [0.717, 1.165) is 31.0 Å². The Morgan fingerprint density at radius 2 is 2.07 bits per heavy atom. The first-order valence-electron chi connectivity index (χ1n) is 10.0. The Bertz CT molecular complexity index is 794. The van der Waals surface area contributed by atoms with Crippen LogP contribution in [-0.2, 0) is 11.3 Å². The molecule has 7 heteroatoms. The Morgan fingerprint density at radius 3 is 2.83 bits per heavy atom. The van der Waals surface area contributed by atoms with Crippen LogP contribution in [0.3, 0.4) is 0 Å². The summed E-state index contributed by atoms with van der Waals surface area (Å²) in [6.45, 7) is 5.71. The standard InChI is InChI=1S/C22H31N5O2/c1-17-6-8-20(9-7-17)27-12-10-19(16-27)26-22(23-2)25-15-18-5-4-11-24-21(18)29-14-13-28-3/h4-9,11,19H,10,12-16H2,1-3H3,(H2,23,25,26). The van der Waals surface area contributed by atoms with E-state index >= 15 is 0 Å². The Hall–Kier alpha value is -2.80. The zero-order valence-electron chi connectivity index (χ0n) is 17.5. The molecular formula is C22H31N5O2. The fourth-order valence-corrected chi connectivity index (χ4v) is 3.35. The minimum atomic E-state index is 0.355. The number of ether oxygens (including phenoxy) is 2. The predicted octanol–water partition coefficient (Wildman–Crippen LogP) is 2.36. The third-order valence-electron chi connectivity index (χ3n) is 4.97. The van der Waals surface area contributed by atoms with Gasteiger partial charge in [0, 0.05) is 57.3 Å². The molecule has 1 aliphatic heterocycles. The second-order valence-corrected chi connectivity index (χ2v) is 7.15. The van der Waals surface area contributed by atoms with E-state index in [2.05, 4.69) is 56.7 Å². The lowest BCUT2D eigenvalue weighted by atomic mass is 10.2. The third-order valence-corrected chi connectivity index (χ3v) is 4.97. The quantitative estimate of drug-likeness (QED) is 0.405. The lowest BCUT2D eigenvalue weighted by Crippen LogP contribution is -2.44. The van der Waals surface area contributed by atoms with Crippen LogP contribution < -0.4 is 20.3 Å². The summed E-state index contributed by atoms with van der Waals surface area (Å²) in [5.74, 6) is 1.41. The molecule has 1 unspecified atom stereocenters. The van der Waals surface area contributed by atoms with Gasteiger partial charge in [0.25, 0.3) is 0 Å². The third kappa shape index (κ3) is 6.09. The highest BCUT2D eigenvalue weighted by Crippen LogP contribution is 2.20. The smallest absolute Gasteiger partial charge is 0.218 e. The summed E-state index contributed by atoms with van der Waals surface area (Å²) in [5.41, 5.74) is 3.54. The molecule has 0 spiro atoms. The van der Waals surface area contributed by atoms with Gasteiger partial charge in [0.1, 0.15) is 6.61 Å². The summed E-state index contributed by atoms with van der Waals surface area (Å²) >= 11 is 0. The number of rotatable bonds is 8. The lowest BCUT2D eigenvalue weighted by Gasteiger charge is -2.21. The van der Waals surface area contributed by atoms with Crippen molar-refractivity contribution in [1.29, 1.82) is 0 Å². The first kappa shape index (κ1) is 20.9. The zero-order valence-corrected chi connectivity index (χ0v) is 17.5. The molecule has 2 N–H and O–H groups in total. The molecule has 2 heterocycles. The summed E-state index contributed by atoms with van der Waals surface area (Å²) in [7, 11) is 3.45. The van der Waals surface area contributed by atoms with Crippen molar-refractivity contribution in [3.63, 3.8) is 0 Å². The Kier molecular flexibility index (Phi) is 7.69. The van der Waals surface area contributed by atoms with Gasteiger partial charge in [-0.3, -0.25) is 4.99 Å². The van der Waals surface area contributed by atoms with E-state index in [0.29, 0.717) is 31.7 Å². The Balaban J connectivity index is 1.51. The second-order valence-electron chi connectivity index (χ2n) is 7.15. The molecule has 0 amide bonds. The topological polar surface area (TPSA) is 71.0 Å². The van der Waals surface area contributed by atoms with E-state index in [1.807, 2.05) is 12.1 Å². The molecule has 3 rings (SSSR count). The minimum absolute atomic E-state index is 0.355. The van der Waals surface area contributed by atoms with Gasteiger partial charge in [-0.2, -0.15) is 0 Å². The number of aryl methyl sites for hydroxylation is 1. The van der Waals surface area contributed by atoms with Gasteiger partial charge in [0.2, 0.25) is 5.88 Å². The molecule has 7 nitrogen and oxygen atoms in total. The summed E-state index contributed by atoms with van der Waals surface area (Å²) in [6, 6.07) is 13.0. The van der Waals surface area contributed by atoms with Crippen LogP contribution in [0.5, 0.6) is 5.88 Å². The number of benzene rings is 1. The molecule has 0 bridgehead atoms. The number of anilines is 1. The van der Waals surface area contributed by atoms with Gasteiger partial charge >= 0.3 is 0 Å². The number of nitrogens with zero attached hydrogens (tertiary/aromatic N) is 3. The van der Waals surface area contributed by atoms with Crippen LogP contribution in [-0.4, -0.2) is 57.4 Å². The number of hydrogen-bond acceptors (Lipinski definition) is 5. The summed E-state index contributed by atoms with van der Waals surface area (Å²) < 4.78 is 10.7. The highest BCUT2D eigenvalue weighted by molar-refractivity contribution is 5.80. The normalized spacial score (nSPS) is 16.7. The van der Waals surface area contributed by atoms with E-state index in [1.54, 1.807) is 20.4 Å². The maximum absolute atomic E-state index is 5.71. The SMILES string of the molecule is CN=C(NCc1cccnc1OCCOC)NC1CCN(c2ccc(C)cc2)C1. The predicted molar refractivity (Wildman–Crippen MR) is 117 cm³/mol. The van der Waals surface area contributed by atoms with E-state index < -0.39 is 0 Å². The number of methoxy groups -OCH3 is 1. The molecule has 0 aliphatic carbocycles. The molecule has 1 aromatic heterocycles. The number of aliphatic imine (C=N–C) groups is 1. The van der Waals surface area contributed by atoms with Crippen molar-refractivity contribution in [1.82, 2.24) is 15.6 Å². The summed E-state index contributed by atoms with van der Waals surface area (Å²) in [6.07, 6.45) is 2.81. The molecule has 1 fully saturated rings. The van der Waals surface area contributed by atoms with Crippen molar-refractivity contribution in [2.24, 2.45) is 4.99 Å². The Labute approximate surface area is 173 Å². The van der Waals surface area contributed by atoms with Gasteiger partial charge in [-0.05, 0) is 31.5 Å².